The van der Waals surface area contributed by atoms with Crippen LogP contribution in [0.3, 0.4) is 0 Å². The Balaban J connectivity index is 0.00000121. The third kappa shape index (κ3) is 3.68. The molecule has 8 heteroatoms. The first-order chi connectivity index (χ1) is 9.57. The highest BCUT2D eigenvalue weighted by Gasteiger charge is 2.45. The zero-order valence-corrected chi connectivity index (χ0v) is 13.3. The van der Waals surface area contributed by atoms with Crippen molar-refractivity contribution in [3.63, 3.8) is 0 Å². The van der Waals surface area contributed by atoms with Crippen LogP contribution in [0.4, 0.5) is 13.2 Å². The summed E-state index contributed by atoms with van der Waals surface area (Å²) in [5.41, 5.74) is 1.06. The molecule has 1 saturated heterocycles. The molecule has 1 fully saturated rings. The fourth-order valence-electron chi connectivity index (χ4n) is 2.84. The smallest absolute Gasteiger partial charge is 0.361 e. The van der Waals surface area contributed by atoms with Crippen LogP contribution in [0.2, 0.25) is 0 Å². The summed E-state index contributed by atoms with van der Waals surface area (Å²) in [7, 11) is 0. The number of benzene rings is 1. The monoisotopic (exact) mass is 355 g/mol. The summed E-state index contributed by atoms with van der Waals surface area (Å²) in [6, 6.07) is 5.58. The van der Waals surface area contributed by atoms with Gasteiger partial charge in [-0.05, 0) is 6.07 Å². The largest absolute Gasteiger partial charge is 0.408 e. The molecule has 0 amide bonds. The van der Waals surface area contributed by atoms with Gasteiger partial charge in [-0.2, -0.15) is 13.2 Å². The number of halogens is 5. The maximum absolute atomic E-state index is 13.5. The molecule has 2 heterocycles. The van der Waals surface area contributed by atoms with Gasteiger partial charge in [0.25, 0.3) is 0 Å². The molecule has 3 rings (SSSR count). The molecule has 3 nitrogen and oxygen atoms in total. The number of aromatic amines is 1. The van der Waals surface area contributed by atoms with Crippen LogP contribution in [0.5, 0.6) is 0 Å². The van der Waals surface area contributed by atoms with Crippen molar-refractivity contribution in [3.05, 3.63) is 36.0 Å². The Morgan fingerprint density at radius 2 is 1.68 bits per heavy atom. The van der Waals surface area contributed by atoms with Gasteiger partial charge < -0.3 is 10.3 Å². The van der Waals surface area contributed by atoms with Crippen molar-refractivity contribution in [1.29, 1.82) is 0 Å². The van der Waals surface area contributed by atoms with Crippen molar-refractivity contribution in [1.82, 2.24) is 15.2 Å². The van der Waals surface area contributed by atoms with Crippen molar-refractivity contribution >= 4 is 35.7 Å². The number of rotatable bonds is 2. The molecule has 0 spiro atoms. The SMILES string of the molecule is Cl.Cl.FC(F)(F)[C@@H](c1c[nH]c2ccccc12)N1CCNCC1. The van der Waals surface area contributed by atoms with Gasteiger partial charge in [0.1, 0.15) is 6.04 Å². The van der Waals surface area contributed by atoms with E-state index in [0.717, 1.165) is 5.52 Å². The lowest BCUT2D eigenvalue weighted by atomic mass is 10.0. The van der Waals surface area contributed by atoms with Crippen molar-refractivity contribution < 1.29 is 13.2 Å². The number of nitrogens with one attached hydrogen (secondary N) is 2. The zero-order valence-electron chi connectivity index (χ0n) is 11.7. The Morgan fingerprint density at radius 1 is 1.05 bits per heavy atom. The summed E-state index contributed by atoms with van der Waals surface area (Å²) in [6.07, 6.45) is -2.78. The van der Waals surface area contributed by atoms with Gasteiger partial charge in [0.2, 0.25) is 0 Å². The van der Waals surface area contributed by atoms with E-state index >= 15 is 0 Å². The van der Waals surface area contributed by atoms with E-state index in [0.29, 0.717) is 37.1 Å². The molecule has 22 heavy (non-hydrogen) atoms. The summed E-state index contributed by atoms with van der Waals surface area (Å²) < 4.78 is 40.6. The van der Waals surface area contributed by atoms with Gasteiger partial charge in [-0.1, -0.05) is 18.2 Å². The molecule has 0 radical (unpaired) electrons. The van der Waals surface area contributed by atoms with E-state index in [9.17, 15) is 13.2 Å². The summed E-state index contributed by atoms with van der Waals surface area (Å²) in [6.45, 7) is 2.00. The molecule has 0 unspecified atom stereocenters. The first kappa shape index (κ1) is 19.1. The highest BCUT2D eigenvalue weighted by Crippen LogP contribution is 2.40. The van der Waals surface area contributed by atoms with Crippen LogP contribution in [0.25, 0.3) is 10.9 Å². The second-order valence-electron chi connectivity index (χ2n) is 5.02. The number of alkyl halides is 3. The Labute approximate surface area is 139 Å². The van der Waals surface area contributed by atoms with Gasteiger partial charge in [-0.15, -0.1) is 24.8 Å². The predicted molar refractivity (Wildman–Crippen MR) is 86.0 cm³/mol. The van der Waals surface area contributed by atoms with Crippen molar-refractivity contribution in [2.45, 2.75) is 12.2 Å². The average Bonchev–Trinajstić information content (AvgIpc) is 2.83. The van der Waals surface area contributed by atoms with E-state index < -0.39 is 12.2 Å². The molecule has 1 aliphatic rings. The minimum absolute atomic E-state index is 0. The van der Waals surface area contributed by atoms with Crippen molar-refractivity contribution in [2.75, 3.05) is 26.2 Å². The molecule has 2 aromatic rings. The molecule has 0 bridgehead atoms. The third-order valence-electron chi connectivity index (χ3n) is 3.74. The topological polar surface area (TPSA) is 31.1 Å². The first-order valence-corrected chi connectivity index (χ1v) is 6.65. The Kier molecular flexibility index (Phi) is 6.55. The van der Waals surface area contributed by atoms with Gasteiger partial charge in [-0.3, -0.25) is 4.90 Å². The normalized spacial score (nSPS) is 17.6. The highest BCUT2D eigenvalue weighted by molar-refractivity contribution is 5.85. The summed E-state index contributed by atoms with van der Waals surface area (Å²) in [5, 5.41) is 3.73. The van der Waals surface area contributed by atoms with Crippen LogP contribution in [0.1, 0.15) is 11.6 Å². The molecule has 1 aliphatic heterocycles. The first-order valence-electron chi connectivity index (χ1n) is 6.65. The van der Waals surface area contributed by atoms with Gasteiger partial charge in [0.05, 0.1) is 0 Å². The number of hydrogen-bond acceptors (Lipinski definition) is 2. The summed E-state index contributed by atoms with van der Waals surface area (Å²) in [5.74, 6) is 0. The zero-order chi connectivity index (χ0) is 14.2. The number of fused-ring (bicyclic) bond motifs is 1. The van der Waals surface area contributed by atoms with Crippen LogP contribution in [0, 0.1) is 0 Å². The Morgan fingerprint density at radius 3 is 2.32 bits per heavy atom. The maximum atomic E-state index is 13.5. The molecule has 0 saturated carbocycles. The molecule has 0 aliphatic carbocycles. The lowest BCUT2D eigenvalue weighted by Crippen LogP contribution is -2.49. The van der Waals surface area contributed by atoms with Crippen molar-refractivity contribution in [2.24, 2.45) is 0 Å². The lowest BCUT2D eigenvalue weighted by Gasteiger charge is -2.35. The van der Waals surface area contributed by atoms with Gasteiger partial charge >= 0.3 is 6.18 Å². The van der Waals surface area contributed by atoms with Gasteiger partial charge in [0, 0.05) is 48.8 Å². The standard InChI is InChI=1S/C14H16F3N3.2ClH/c15-14(16,17)13(20-7-5-18-6-8-20)11-9-19-12-4-2-1-3-10(11)12;;/h1-4,9,13,18-19H,5-8H2;2*1H/t13-;;/m1../s1. The lowest BCUT2D eigenvalue weighted by molar-refractivity contribution is -0.187. The molecule has 1 aromatic heterocycles. The van der Waals surface area contributed by atoms with Crippen LogP contribution in [0.15, 0.2) is 30.5 Å². The Bertz CT molecular complexity index is 594. The number of H-pyrrole nitrogens is 1. The van der Waals surface area contributed by atoms with E-state index in [-0.39, 0.29) is 24.8 Å². The van der Waals surface area contributed by atoms with Crippen molar-refractivity contribution in [3.8, 4) is 0 Å². The molecular formula is C14H18Cl2F3N3. The molecular weight excluding hydrogens is 338 g/mol. The van der Waals surface area contributed by atoms with E-state index in [1.165, 1.54) is 11.1 Å². The van der Waals surface area contributed by atoms with Crippen LogP contribution in [-0.4, -0.2) is 42.2 Å². The minimum atomic E-state index is -4.28. The summed E-state index contributed by atoms with van der Waals surface area (Å²) in [4.78, 5) is 4.44. The number of piperazine rings is 1. The van der Waals surface area contributed by atoms with E-state index in [2.05, 4.69) is 10.3 Å². The minimum Gasteiger partial charge on any atom is -0.361 e. The number of aromatic nitrogens is 1. The summed E-state index contributed by atoms with van der Waals surface area (Å²) >= 11 is 0. The van der Waals surface area contributed by atoms with E-state index in [1.807, 2.05) is 6.07 Å². The van der Waals surface area contributed by atoms with E-state index in [1.54, 1.807) is 18.2 Å². The Hall–Kier alpha value is -0.950. The number of nitrogens with zero attached hydrogens (tertiary/aromatic N) is 1. The maximum Gasteiger partial charge on any atom is 0.408 e. The number of hydrogen-bond donors (Lipinski definition) is 2. The molecule has 1 atom stereocenters. The highest BCUT2D eigenvalue weighted by atomic mass is 35.5. The van der Waals surface area contributed by atoms with Gasteiger partial charge in [-0.25, -0.2) is 0 Å². The second kappa shape index (κ2) is 7.55. The van der Waals surface area contributed by atoms with Crippen LogP contribution < -0.4 is 5.32 Å². The second-order valence-corrected chi connectivity index (χ2v) is 5.02. The third-order valence-corrected chi connectivity index (χ3v) is 3.74. The van der Waals surface area contributed by atoms with Crippen LogP contribution in [-0.2, 0) is 0 Å². The molecule has 1 aromatic carbocycles. The molecule has 2 N–H and O–H groups in total. The fraction of sp³-hybridized carbons (Fsp3) is 0.429. The van der Waals surface area contributed by atoms with Gasteiger partial charge in [0.15, 0.2) is 0 Å². The average molecular weight is 356 g/mol. The predicted octanol–water partition coefficient (Wildman–Crippen LogP) is 3.52. The number of para-hydroxylation sites is 1. The quantitative estimate of drug-likeness (QED) is 0.863. The van der Waals surface area contributed by atoms with E-state index in [4.69, 9.17) is 0 Å². The molecule has 124 valence electrons. The fourth-order valence-corrected chi connectivity index (χ4v) is 2.84. The van der Waals surface area contributed by atoms with Crippen LogP contribution >= 0.6 is 24.8 Å².